The summed E-state index contributed by atoms with van der Waals surface area (Å²) >= 11 is 0. The molecule has 0 unspecified atom stereocenters. The Kier molecular flexibility index (Phi) is 9.00. The second kappa shape index (κ2) is 12.8. The van der Waals surface area contributed by atoms with Gasteiger partial charge in [-0.3, -0.25) is 9.67 Å². The lowest BCUT2D eigenvalue weighted by Gasteiger charge is -2.26. The molecule has 0 saturated carbocycles. The molecule has 0 spiro atoms. The molecule has 0 fully saturated rings. The molecule has 0 amide bonds. The Morgan fingerprint density at radius 2 is 2.08 bits per heavy atom. The summed E-state index contributed by atoms with van der Waals surface area (Å²) in [6, 6.07) is 6.63. The van der Waals surface area contributed by atoms with Crippen molar-refractivity contribution in [3.63, 3.8) is 0 Å². The van der Waals surface area contributed by atoms with Gasteiger partial charge in [0, 0.05) is 63.5 Å². The number of nitrogens with one attached hydrogen (secondary N) is 1. The lowest BCUT2D eigenvalue weighted by molar-refractivity contribution is 0.374. The normalized spacial score (nSPS) is 11.2. The Hall–Kier alpha value is -4.58. The number of ether oxygens (including phenoxy) is 2. The molecule has 0 saturated heterocycles. The number of likely N-dealkylation sites (N-methyl/N-ethyl adjacent to an activating group) is 1. The van der Waals surface area contributed by atoms with Gasteiger partial charge in [0.15, 0.2) is 17.4 Å². The third kappa shape index (κ3) is 6.47. The topological polar surface area (TPSA) is 107 Å². The van der Waals surface area contributed by atoms with Crippen molar-refractivity contribution >= 4 is 35.9 Å². The van der Waals surface area contributed by atoms with Crippen molar-refractivity contribution in [1.29, 1.82) is 0 Å². The number of benzene rings is 1. The maximum Gasteiger partial charge on any atom is 0.188 e. The van der Waals surface area contributed by atoms with Crippen LogP contribution in [0.1, 0.15) is 11.4 Å². The van der Waals surface area contributed by atoms with Gasteiger partial charge in [-0.1, -0.05) is 0 Å². The summed E-state index contributed by atoms with van der Waals surface area (Å²) < 4.78 is 30.1. The molecule has 0 aliphatic rings. The van der Waals surface area contributed by atoms with Crippen molar-refractivity contribution in [2.24, 2.45) is 17.0 Å². The van der Waals surface area contributed by atoms with Gasteiger partial charge in [0.25, 0.3) is 0 Å². The Bertz CT molecular complexity index is 1450. The highest BCUT2D eigenvalue weighted by molar-refractivity contribution is 5.74. The van der Waals surface area contributed by atoms with Gasteiger partial charge < -0.3 is 24.3 Å². The Labute approximate surface area is 226 Å². The molecule has 3 aromatic heterocycles. The van der Waals surface area contributed by atoms with Crippen LogP contribution in [0, 0.1) is 5.82 Å². The van der Waals surface area contributed by atoms with Crippen LogP contribution in [0.15, 0.2) is 59.0 Å². The number of anilines is 2. The lowest BCUT2D eigenvalue weighted by atomic mass is 10.2. The lowest BCUT2D eigenvalue weighted by Crippen LogP contribution is -2.23. The predicted molar refractivity (Wildman–Crippen MR) is 150 cm³/mol. The molecule has 0 atom stereocenters. The fourth-order valence-corrected chi connectivity index (χ4v) is 4.01. The van der Waals surface area contributed by atoms with Crippen LogP contribution < -0.4 is 19.7 Å². The van der Waals surface area contributed by atoms with E-state index < -0.39 is 5.82 Å². The molecule has 11 nitrogen and oxygen atoms in total. The summed E-state index contributed by atoms with van der Waals surface area (Å²) in [6.45, 7) is 5.34. The van der Waals surface area contributed by atoms with Crippen molar-refractivity contribution in [2.75, 3.05) is 32.7 Å². The van der Waals surface area contributed by atoms with Gasteiger partial charge >= 0.3 is 0 Å². The summed E-state index contributed by atoms with van der Waals surface area (Å²) in [7, 11) is 6.67. The minimum absolute atomic E-state index is 0.0477. The molecule has 0 bridgehead atoms. The van der Waals surface area contributed by atoms with Crippen LogP contribution in [0.4, 0.5) is 27.4 Å². The molecule has 204 valence electrons. The first-order valence-electron chi connectivity index (χ1n) is 12.3. The van der Waals surface area contributed by atoms with Crippen molar-refractivity contribution in [3.8, 4) is 11.5 Å². The van der Waals surface area contributed by atoms with Gasteiger partial charge in [-0.05, 0) is 31.5 Å². The largest absolute Gasteiger partial charge is 0.497 e. The van der Waals surface area contributed by atoms with E-state index in [0.717, 1.165) is 17.9 Å². The number of pyridine rings is 1. The molecule has 1 aromatic carbocycles. The summed E-state index contributed by atoms with van der Waals surface area (Å²) in [5.74, 6) is 1.40. The molecule has 4 aromatic rings. The highest BCUT2D eigenvalue weighted by atomic mass is 19.1. The number of aromatic nitrogens is 5. The number of rotatable bonds is 13. The van der Waals surface area contributed by atoms with Gasteiger partial charge in [0.2, 0.25) is 0 Å². The van der Waals surface area contributed by atoms with Gasteiger partial charge in [-0.25, -0.2) is 19.4 Å². The summed E-state index contributed by atoms with van der Waals surface area (Å²) in [5.41, 5.74) is 1.78. The average molecular weight is 534 g/mol. The van der Waals surface area contributed by atoms with E-state index >= 15 is 4.39 Å². The zero-order valence-corrected chi connectivity index (χ0v) is 22.5. The maximum atomic E-state index is 15.7. The molecule has 3 heterocycles. The van der Waals surface area contributed by atoms with Gasteiger partial charge in [-0.15, -0.1) is 0 Å². The smallest absolute Gasteiger partial charge is 0.188 e. The number of aryl methyl sites for hydroxylation is 1. The third-order valence-corrected chi connectivity index (χ3v) is 6.03. The molecular weight excluding hydrogens is 501 g/mol. The molecule has 4 rings (SSSR count). The van der Waals surface area contributed by atoms with Crippen LogP contribution in [0.5, 0.6) is 11.5 Å². The SMILES string of the molecule is C=Nc1nc(N(Cc2nccn2CCNC)c2cc(OC)cc(OC)c2F)ccc1N=CCc1cnn(C)c1. The van der Waals surface area contributed by atoms with E-state index in [-0.39, 0.29) is 18.0 Å². The van der Waals surface area contributed by atoms with E-state index in [1.165, 1.54) is 20.3 Å². The highest BCUT2D eigenvalue weighted by Gasteiger charge is 2.23. The average Bonchev–Trinajstić information content (AvgIpc) is 3.59. The number of hydrogen-bond acceptors (Lipinski definition) is 9. The maximum absolute atomic E-state index is 15.7. The van der Waals surface area contributed by atoms with Crippen molar-refractivity contribution in [1.82, 2.24) is 29.6 Å². The molecule has 0 aliphatic heterocycles. The summed E-state index contributed by atoms with van der Waals surface area (Å²) in [4.78, 5) is 19.5. The molecule has 39 heavy (non-hydrogen) atoms. The predicted octanol–water partition coefficient (Wildman–Crippen LogP) is 4.00. The molecule has 1 N–H and O–H groups in total. The van der Waals surface area contributed by atoms with Crippen LogP contribution in [0.2, 0.25) is 0 Å². The molecule has 12 heteroatoms. The number of methoxy groups -OCH3 is 2. The number of imidazole rings is 1. The van der Waals surface area contributed by atoms with E-state index in [1.807, 2.05) is 31.1 Å². The van der Waals surface area contributed by atoms with Crippen LogP contribution in [-0.4, -0.2) is 65.1 Å². The molecular formula is C27H32FN9O2. The second-order valence-corrected chi connectivity index (χ2v) is 8.60. The van der Waals surface area contributed by atoms with Crippen molar-refractivity contribution in [3.05, 3.63) is 66.3 Å². The second-order valence-electron chi connectivity index (χ2n) is 8.60. The first-order chi connectivity index (χ1) is 19.0. The van der Waals surface area contributed by atoms with Crippen LogP contribution in [0.25, 0.3) is 0 Å². The zero-order chi connectivity index (χ0) is 27.8. The minimum Gasteiger partial charge on any atom is -0.497 e. The Balaban J connectivity index is 1.74. The Morgan fingerprint density at radius 3 is 2.77 bits per heavy atom. The van der Waals surface area contributed by atoms with Crippen LogP contribution >= 0.6 is 0 Å². The summed E-state index contributed by atoms with van der Waals surface area (Å²) in [6.07, 6.45) is 9.69. The van der Waals surface area contributed by atoms with E-state index in [0.29, 0.717) is 36.0 Å². The van der Waals surface area contributed by atoms with Crippen molar-refractivity contribution in [2.45, 2.75) is 19.5 Å². The van der Waals surface area contributed by atoms with Crippen molar-refractivity contribution < 1.29 is 13.9 Å². The molecule has 0 radical (unpaired) electrons. The summed E-state index contributed by atoms with van der Waals surface area (Å²) in [5, 5.41) is 7.30. The van der Waals surface area contributed by atoms with Gasteiger partial charge in [0.05, 0.1) is 32.6 Å². The number of halogens is 1. The minimum atomic E-state index is -0.555. The van der Waals surface area contributed by atoms with E-state index in [9.17, 15) is 0 Å². The quantitative estimate of drug-likeness (QED) is 0.259. The third-order valence-electron chi connectivity index (χ3n) is 6.03. The van der Waals surface area contributed by atoms with Crippen LogP contribution in [-0.2, 0) is 26.6 Å². The van der Waals surface area contributed by atoms with Gasteiger partial charge in [-0.2, -0.15) is 5.10 Å². The first kappa shape index (κ1) is 27.5. The zero-order valence-electron chi connectivity index (χ0n) is 22.5. The highest BCUT2D eigenvalue weighted by Crippen LogP contribution is 2.38. The number of aliphatic imine (C=N–C) groups is 2. The fraction of sp³-hybridized carbons (Fsp3) is 0.296. The molecule has 0 aliphatic carbocycles. The number of hydrogen-bond donors (Lipinski definition) is 1. The standard InChI is InChI=1S/C27H32FN9O2/c1-29-10-12-36-13-11-32-25(36)18-37(22-14-20(38-4)15-23(39-5)26(22)28)24-7-6-21(27(30-2)34-24)31-9-8-19-16-33-35(3)17-19/h6-7,9,11,13-17,29H,2,8,10,12,18H2,1,3-5H3. The van der Waals surface area contributed by atoms with Gasteiger partial charge in [0.1, 0.15) is 23.1 Å². The van der Waals surface area contributed by atoms with Crippen LogP contribution in [0.3, 0.4) is 0 Å². The fourth-order valence-electron chi connectivity index (χ4n) is 4.01. The number of nitrogens with zero attached hydrogens (tertiary/aromatic N) is 8. The van der Waals surface area contributed by atoms with E-state index in [4.69, 9.17) is 14.5 Å². The monoisotopic (exact) mass is 533 g/mol. The van der Waals surface area contributed by atoms with E-state index in [1.54, 1.807) is 46.4 Å². The first-order valence-corrected chi connectivity index (χ1v) is 12.3. The Morgan fingerprint density at radius 1 is 1.23 bits per heavy atom. The van der Waals surface area contributed by atoms with E-state index in [2.05, 4.69) is 32.1 Å².